The fraction of sp³-hybridized carbons (Fsp3) is 0.500. The van der Waals surface area contributed by atoms with E-state index in [-0.39, 0.29) is 25.5 Å². The normalized spacial score (nSPS) is 16.5. The summed E-state index contributed by atoms with van der Waals surface area (Å²) in [6.45, 7) is 3.02. The van der Waals surface area contributed by atoms with Crippen LogP contribution in [-0.4, -0.2) is 49.7 Å². The van der Waals surface area contributed by atoms with Crippen molar-refractivity contribution in [1.82, 2.24) is 4.90 Å². The highest BCUT2D eigenvalue weighted by atomic mass is 16.7. The van der Waals surface area contributed by atoms with Crippen molar-refractivity contribution in [3.8, 4) is 11.5 Å². The van der Waals surface area contributed by atoms with Gasteiger partial charge in [0.05, 0.1) is 0 Å². The minimum atomic E-state index is -1.11. The van der Waals surface area contributed by atoms with Crippen LogP contribution >= 0.6 is 0 Å². The number of benzene rings is 1. The van der Waals surface area contributed by atoms with E-state index in [1.54, 1.807) is 4.90 Å². The zero-order valence-corrected chi connectivity index (χ0v) is 12.8. The number of anilines is 1. The minimum absolute atomic E-state index is 0.0107. The number of aliphatic carboxylic acids is 1. The summed E-state index contributed by atoms with van der Waals surface area (Å²) in [7, 11) is 0. The third-order valence-corrected chi connectivity index (χ3v) is 4.13. The Balaban J connectivity index is 1.50. The number of amides is 1. The van der Waals surface area contributed by atoms with Gasteiger partial charge in [0.25, 0.3) is 0 Å². The molecule has 1 aromatic rings. The van der Waals surface area contributed by atoms with E-state index in [0.717, 1.165) is 30.3 Å². The Morgan fingerprint density at radius 3 is 2.52 bits per heavy atom. The van der Waals surface area contributed by atoms with Crippen molar-refractivity contribution in [2.24, 2.45) is 0 Å². The van der Waals surface area contributed by atoms with E-state index in [4.69, 9.17) is 9.47 Å². The van der Waals surface area contributed by atoms with Crippen LogP contribution in [0.3, 0.4) is 0 Å². The Hall–Kier alpha value is -2.44. The molecule has 1 aromatic carbocycles. The van der Waals surface area contributed by atoms with Crippen molar-refractivity contribution in [1.29, 1.82) is 0 Å². The van der Waals surface area contributed by atoms with Crippen LogP contribution in [-0.2, 0) is 9.59 Å². The van der Waals surface area contributed by atoms with Crippen LogP contribution in [0.25, 0.3) is 0 Å². The maximum Gasteiger partial charge on any atom is 0.231 e. The number of piperazine rings is 1. The van der Waals surface area contributed by atoms with Gasteiger partial charge in [-0.15, -0.1) is 0 Å². The Morgan fingerprint density at radius 1 is 1.04 bits per heavy atom. The van der Waals surface area contributed by atoms with Gasteiger partial charge in [0.2, 0.25) is 12.7 Å². The van der Waals surface area contributed by atoms with Crippen molar-refractivity contribution in [2.75, 3.05) is 37.9 Å². The zero-order valence-electron chi connectivity index (χ0n) is 12.8. The number of carboxylic acids is 1. The van der Waals surface area contributed by atoms with Crippen LogP contribution in [0.2, 0.25) is 0 Å². The summed E-state index contributed by atoms with van der Waals surface area (Å²) in [5.74, 6) is 0.417. The van der Waals surface area contributed by atoms with Gasteiger partial charge >= 0.3 is 0 Å². The van der Waals surface area contributed by atoms with E-state index >= 15 is 0 Å². The molecule has 0 aromatic heterocycles. The molecule has 0 atom stereocenters. The van der Waals surface area contributed by atoms with Gasteiger partial charge in [0.1, 0.15) is 0 Å². The van der Waals surface area contributed by atoms with Crippen molar-refractivity contribution in [2.45, 2.75) is 19.3 Å². The molecule has 0 radical (unpaired) electrons. The maximum atomic E-state index is 12.0. The molecule has 3 rings (SSSR count). The molecule has 0 aliphatic carbocycles. The number of nitrogens with zero attached hydrogens (tertiary/aromatic N) is 2. The number of fused-ring (bicyclic) bond motifs is 1. The standard InChI is InChI=1S/C16H20N2O5/c19-15(2-1-3-16(20)21)18-8-6-17(7-9-18)12-4-5-13-14(10-12)23-11-22-13/h4-5,10H,1-3,6-9,11H2,(H,20,21)/p-1. The van der Waals surface area contributed by atoms with E-state index in [0.29, 0.717) is 19.5 Å². The average molecular weight is 319 g/mol. The predicted octanol–water partition coefficient (Wildman–Crippen LogP) is -0.0159. The fourth-order valence-electron chi connectivity index (χ4n) is 2.84. The van der Waals surface area contributed by atoms with Gasteiger partial charge in [-0.25, -0.2) is 0 Å². The largest absolute Gasteiger partial charge is 0.550 e. The first-order chi connectivity index (χ1) is 11.1. The van der Waals surface area contributed by atoms with Crippen molar-refractivity contribution in [3.05, 3.63) is 18.2 Å². The van der Waals surface area contributed by atoms with E-state index in [1.165, 1.54) is 0 Å². The van der Waals surface area contributed by atoms with E-state index in [1.807, 2.05) is 18.2 Å². The van der Waals surface area contributed by atoms with E-state index in [2.05, 4.69) is 4.90 Å². The van der Waals surface area contributed by atoms with Gasteiger partial charge in [-0.1, -0.05) is 0 Å². The molecule has 2 heterocycles. The van der Waals surface area contributed by atoms with Crippen molar-refractivity contribution < 1.29 is 24.2 Å². The summed E-state index contributed by atoms with van der Waals surface area (Å²) >= 11 is 0. The van der Waals surface area contributed by atoms with E-state index < -0.39 is 5.97 Å². The molecule has 1 amide bonds. The van der Waals surface area contributed by atoms with Gasteiger partial charge in [-0.05, 0) is 25.0 Å². The molecule has 2 aliphatic heterocycles. The van der Waals surface area contributed by atoms with Crippen LogP contribution in [0.1, 0.15) is 19.3 Å². The number of ether oxygens (including phenoxy) is 2. The molecule has 7 nitrogen and oxygen atoms in total. The summed E-state index contributed by atoms with van der Waals surface area (Å²) in [5, 5.41) is 10.4. The lowest BCUT2D eigenvalue weighted by Crippen LogP contribution is -2.48. The van der Waals surface area contributed by atoms with Crippen molar-refractivity contribution in [3.63, 3.8) is 0 Å². The molecule has 0 unspecified atom stereocenters. The van der Waals surface area contributed by atoms with Gasteiger partial charge in [0.15, 0.2) is 11.5 Å². The highest BCUT2D eigenvalue weighted by Crippen LogP contribution is 2.35. The third kappa shape index (κ3) is 3.67. The zero-order chi connectivity index (χ0) is 16.2. The van der Waals surface area contributed by atoms with E-state index in [9.17, 15) is 14.7 Å². The number of hydrogen-bond donors (Lipinski definition) is 0. The molecule has 0 bridgehead atoms. The van der Waals surface area contributed by atoms with Crippen LogP contribution in [0.15, 0.2) is 18.2 Å². The summed E-state index contributed by atoms with van der Waals surface area (Å²) in [5.41, 5.74) is 1.05. The molecule has 7 heteroatoms. The second-order valence-electron chi connectivity index (χ2n) is 5.63. The lowest BCUT2D eigenvalue weighted by molar-refractivity contribution is -0.305. The Labute approximate surface area is 134 Å². The number of hydrogen-bond acceptors (Lipinski definition) is 6. The fourth-order valence-corrected chi connectivity index (χ4v) is 2.84. The number of carbonyl (C=O) groups is 2. The highest BCUT2D eigenvalue weighted by molar-refractivity contribution is 5.77. The highest BCUT2D eigenvalue weighted by Gasteiger charge is 2.22. The molecule has 0 N–H and O–H groups in total. The SMILES string of the molecule is O=C([O-])CCCC(=O)N1CCN(c2ccc3c(c2)OCO3)CC1. The number of carboxylic acid groups (broad SMARTS) is 1. The average Bonchev–Trinajstić information content (AvgIpc) is 3.02. The van der Waals surface area contributed by atoms with Crippen LogP contribution in [0.4, 0.5) is 5.69 Å². The molecule has 1 fully saturated rings. The van der Waals surface area contributed by atoms with Crippen LogP contribution < -0.4 is 19.5 Å². The molecule has 23 heavy (non-hydrogen) atoms. The van der Waals surface area contributed by atoms with Crippen molar-refractivity contribution >= 4 is 17.6 Å². The molecule has 1 saturated heterocycles. The first-order valence-electron chi connectivity index (χ1n) is 7.76. The van der Waals surface area contributed by atoms with Gasteiger partial charge in [-0.3, -0.25) is 4.79 Å². The van der Waals surface area contributed by atoms with Gasteiger partial charge < -0.3 is 29.2 Å². The second-order valence-corrected chi connectivity index (χ2v) is 5.63. The Kier molecular flexibility index (Phi) is 4.55. The second kappa shape index (κ2) is 6.76. The van der Waals surface area contributed by atoms with Crippen LogP contribution in [0.5, 0.6) is 11.5 Å². The molecule has 0 spiro atoms. The first-order valence-corrected chi connectivity index (χ1v) is 7.76. The molecule has 0 saturated carbocycles. The summed E-state index contributed by atoms with van der Waals surface area (Å²) < 4.78 is 10.7. The lowest BCUT2D eigenvalue weighted by atomic mass is 10.2. The monoisotopic (exact) mass is 319 g/mol. The minimum Gasteiger partial charge on any atom is -0.550 e. The van der Waals surface area contributed by atoms with Gasteiger partial charge in [-0.2, -0.15) is 0 Å². The number of carbonyl (C=O) groups excluding carboxylic acids is 2. The van der Waals surface area contributed by atoms with Crippen LogP contribution in [0, 0.1) is 0 Å². The quantitative estimate of drug-likeness (QED) is 0.759. The molecule has 2 aliphatic rings. The summed E-state index contributed by atoms with van der Waals surface area (Å²) in [6, 6.07) is 5.85. The molecular formula is C16H19N2O5-. The smallest absolute Gasteiger partial charge is 0.231 e. The maximum absolute atomic E-state index is 12.0. The third-order valence-electron chi connectivity index (χ3n) is 4.13. The predicted molar refractivity (Wildman–Crippen MR) is 80.2 cm³/mol. The Morgan fingerprint density at radius 2 is 1.78 bits per heavy atom. The molecule has 124 valence electrons. The topological polar surface area (TPSA) is 82.1 Å². The first kappa shape index (κ1) is 15.5. The summed E-state index contributed by atoms with van der Waals surface area (Å²) in [6.07, 6.45) is 0.532. The lowest BCUT2D eigenvalue weighted by Gasteiger charge is -2.36. The number of rotatable bonds is 5. The molecular weight excluding hydrogens is 300 g/mol. The Bertz CT molecular complexity index is 596. The van der Waals surface area contributed by atoms with Gasteiger partial charge in [0, 0.05) is 50.3 Å². The summed E-state index contributed by atoms with van der Waals surface area (Å²) in [4.78, 5) is 26.4.